The third kappa shape index (κ3) is 5.49. The highest BCUT2D eigenvalue weighted by atomic mass is 32.2. The van der Waals surface area contributed by atoms with Gasteiger partial charge in [0.25, 0.3) is 15.9 Å². The number of hydrogen-bond donors (Lipinski definition) is 2. The van der Waals surface area contributed by atoms with Crippen molar-refractivity contribution < 1.29 is 22.4 Å². The number of rotatable bonds is 9. The predicted octanol–water partition coefficient (Wildman–Crippen LogP) is 3.43. The lowest BCUT2D eigenvalue weighted by atomic mass is 10.1. The van der Waals surface area contributed by atoms with E-state index < -0.39 is 10.0 Å². The number of hydrogen-bond acceptors (Lipinski definition) is 6. The van der Waals surface area contributed by atoms with Crippen LogP contribution in [0.5, 0.6) is 5.75 Å². The summed E-state index contributed by atoms with van der Waals surface area (Å²) in [5, 5.41) is 2.88. The molecule has 1 amide bonds. The van der Waals surface area contributed by atoms with E-state index in [4.69, 9.17) is 9.15 Å². The van der Waals surface area contributed by atoms with Gasteiger partial charge in [0, 0.05) is 17.8 Å². The van der Waals surface area contributed by atoms with Gasteiger partial charge in [0.2, 0.25) is 0 Å². The van der Waals surface area contributed by atoms with Crippen LogP contribution in [0.25, 0.3) is 0 Å². The van der Waals surface area contributed by atoms with E-state index in [2.05, 4.69) is 10.0 Å². The monoisotopic (exact) mass is 457 g/mol. The van der Waals surface area contributed by atoms with Crippen molar-refractivity contribution in [2.75, 3.05) is 32.5 Å². The number of nitrogens with one attached hydrogen (secondary N) is 2. The quantitative estimate of drug-likeness (QED) is 0.511. The van der Waals surface area contributed by atoms with Crippen molar-refractivity contribution in [3.8, 4) is 5.75 Å². The third-order valence-corrected chi connectivity index (χ3v) is 6.44. The molecule has 1 heterocycles. The SMILES string of the molecule is COc1ccc(NS(=O)(=O)c2ccc(C)c(C(=O)NC[C@@H](c3ccco3)N(C)C)c2)cc1. The van der Waals surface area contributed by atoms with Crippen molar-refractivity contribution in [3.63, 3.8) is 0 Å². The Bertz CT molecular complexity index is 1160. The van der Waals surface area contributed by atoms with Crippen LogP contribution in [0.2, 0.25) is 0 Å². The first kappa shape index (κ1) is 23.4. The van der Waals surface area contributed by atoms with Crippen LogP contribution in [0.3, 0.4) is 0 Å². The van der Waals surface area contributed by atoms with E-state index in [0.29, 0.717) is 29.1 Å². The number of carbonyl (C=O) groups excluding carboxylic acids is 1. The van der Waals surface area contributed by atoms with E-state index in [0.717, 1.165) is 5.76 Å². The maximum Gasteiger partial charge on any atom is 0.261 e. The van der Waals surface area contributed by atoms with E-state index in [1.807, 2.05) is 25.1 Å². The molecule has 0 aliphatic heterocycles. The number of amides is 1. The molecule has 0 aliphatic carbocycles. The highest BCUT2D eigenvalue weighted by molar-refractivity contribution is 7.92. The minimum Gasteiger partial charge on any atom is -0.497 e. The fraction of sp³-hybridized carbons (Fsp3) is 0.261. The summed E-state index contributed by atoms with van der Waals surface area (Å²) in [5.74, 6) is 0.988. The van der Waals surface area contributed by atoms with Crippen molar-refractivity contribution in [2.45, 2.75) is 17.9 Å². The Labute approximate surface area is 188 Å². The summed E-state index contributed by atoms with van der Waals surface area (Å²) >= 11 is 0. The zero-order valence-electron chi connectivity index (χ0n) is 18.5. The van der Waals surface area contributed by atoms with Gasteiger partial charge in [0.05, 0.1) is 24.3 Å². The average molecular weight is 458 g/mol. The van der Waals surface area contributed by atoms with Crippen LogP contribution in [0.1, 0.15) is 27.7 Å². The van der Waals surface area contributed by atoms with Gasteiger partial charge in [0.15, 0.2) is 0 Å². The summed E-state index contributed by atoms with van der Waals surface area (Å²) in [4.78, 5) is 14.8. The van der Waals surface area contributed by atoms with Crippen LogP contribution < -0.4 is 14.8 Å². The van der Waals surface area contributed by atoms with Crippen LogP contribution in [0.4, 0.5) is 5.69 Å². The van der Waals surface area contributed by atoms with Gasteiger partial charge in [-0.15, -0.1) is 0 Å². The van der Waals surface area contributed by atoms with Gasteiger partial charge in [-0.1, -0.05) is 6.07 Å². The normalized spacial score (nSPS) is 12.4. The maximum absolute atomic E-state index is 12.9. The molecule has 2 N–H and O–H groups in total. The van der Waals surface area contributed by atoms with E-state index in [1.165, 1.54) is 19.2 Å². The number of likely N-dealkylation sites (N-methyl/N-ethyl adjacent to an activating group) is 1. The van der Waals surface area contributed by atoms with E-state index in [9.17, 15) is 13.2 Å². The first-order valence-corrected chi connectivity index (χ1v) is 11.4. The lowest BCUT2D eigenvalue weighted by Gasteiger charge is -2.22. The molecule has 8 nitrogen and oxygen atoms in total. The Hall–Kier alpha value is -3.30. The second kappa shape index (κ2) is 9.88. The number of aryl methyl sites for hydroxylation is 1. The molecular weight excluding hydrogens is 430 g/mol. The van der Waals surface area contributed by atoms with Crippen molar-refractivity contribution in [3.05, 3.63) is 77.7 Å². The summed E-state index contributed by atoms with van der Waals surface area (Å²) in [7, 11) is 1.44. The van der Waals surface area contributed by atoms with Gasteiger partial charge in [-0.2, -0.15) is 0 Å². The number of benzene rings is 2. The first-order valence-electron chi connectivity index (χ1n) is 9.97. The molecule has 3 aromatic rings. The molecule has 32 heavy (non-hydrogen) atoms. The molecule has 9 heteroatoms. The number of methoxy groups -OCH3 is 1. The van der Waals surface area contributed by atoms with Crippen LogP contribution in [-0.2, 0) is 10.0 Å². The lowest BCUT2D eigenvalue weighted by Crippen LogP contribution is -2.34. The number of carbonyl (C=O) groups is 1. The smallest absolute Gasteiger partial charge is 0.261 e. The Morgan fingerprint density at radius 1 is 1.12 bits per heavy atom. The van der Waals surface area contributed by atoms with Crippen molar-refractivity contribution >= 4 is 21.6 Å². The van der Waals surface area contributed by atoms with E-state index in [-0.39, 0.29) is 16.8 Å². The van der Waals surface area contributed by atoms with E-state index >= 15 is 0 Å². The van der Waals surface area contributed by atoms with Gasteiger partial charge >= 0.3 is 0 Å². The van der Waals surface area contributed by atoms with E-state index in [1.54, 1.807) is 49.6 Å². The zero-order valence-corrected chi connectivity index (χ0v) is 19.3. The summed E-state index contributed by atoms with van der Waals surface area (Å²) in [6, 6.07) is 14.5. The number of sulfonamides is 1. The average Bonchev–Trinajstić information content (AvgIpc) is 3.28. The maximum atomic E-state index is 12.9. The molecule has 0 radical (unpaired) electrons. The Morgan fingerprint density at radius 2 is 1.84 bits per heavy atom. The largest absolute Gasteiger partial charge is 0.497 e. The molecule has 170 valence electrons. The number of anilines is 1. The lowest BCUT2D eigenvalue weighted by molar-refractivity contribution is 0.0938. The Kier molecular flexibility index (Phi) is 7.22. The molecule has 2 aromatic carbocycles. The zero-order chi connectivity index (χ0) is 23.3. The van der Waals surface area contributed by atoms with Gasteiger partial charge in [0.1, 0.15) is 11.5 Å². The highest BCUT2D eigenvalue weighted by Crippen LogP contribution is 2.22. The molecule has 0 fully saturated rings. The van der Waals surface area contributed by atoms with Gasteiger partial charge in [-0.05, 0) is 75.1 Å². The molecule has 0 saturated carbocycles. The van der Waals surface area contributed by atoms with Gasteiger partial charge in [-0.25, -0.2) is 8.42 Å². The highest BCUT2D eigenvalue weighted by Gasteiger charge is 2.21. The Balaban J connectivity index is 1.77. The standard InChI is InChI=1S/C23H27N3O5S/c1-16-7-12-19(32(28,29)25-17-8-10-18(30-4)11-9-17)14-20(16)23(27)24-15-21(26(2)3)22-6-5-13-31-22/h5-14,21,25H,15H2,1-4H3,(H,24,27)/t21-/m0/s1. The predicted molar refractivity (Wildman–Crippen MR) is 122 cm³/mol. The summed E-state index contributed by atoms with van der Waals surface area (Å²) in [6.07, 6.45) is 1.59. The van der Waals surface area contributed by atoms with Crippen molar-refractivity contribution in [2.24, 2.45) is 0 Å². The fourth-order valence-corrected chi connectivity index (χ4v) is 4.27. The van der Waals surface area contributed by atoms with Crippen LogP contribution >= 0.6 is 0 Å². The number of furan rings is 1. The van der Waals surface area contributed by atoms with Crippen LogP contribution in [0.15, 0.2) is 70.2 Å². The van der Waals surface area contributed by atoms with Crippen LogP contribution in [-0.4, -0.2) is 47.0 Å². The topological polar surface area (TPSA) is 101 Å². The van der Waals surface area contributed by atoms with Crippen LogP contribution in [0, 0.1) is 6.92 Å². The van der Waals surface area contributed by atoms with Crippen molar-refractivity contribution in [1.82, 2.24) is 10.2 Å². The molecule has 0 saturated heterocycles. The molecule has 1 atom stereocenters. The summed E-state index contributed by atoms with van der Waals surface area (Å²) < 4.78 is 38.8. The first-order chi connectivity index (χ1) is 15.2. The van der Waals surface area contributed by atoms with Gasteiger partial charge < -0.3 is 14.5 Å². The molecule has 1 aromatic heterocycles. The van der Waals surface area contributed by atoms with Crippen molar-refractivity contribution in [1.29, 1.82) is 0 Å². The summed E-state index contributed by atoms with van der Waals surface area (Å²) in [5.41, 5.74) is 1.36. The summed E-state index contributed by atoms with van der Waals surface area (Å²) in [6.45, 7) is 2.07. The second-order valence-electron chi connectivity index (χ2n) is 7.52. The molecule has 0 unspecified atom stereocenters. The second-order valence-corrected chi connectivity index (χ2v) is 9.20. The minimum absolute atomic E-state index is 0.000683. The molecule has 0 spiro atoms. The number of nitrogens with zero attached hydrogens (tertiary/aromatic N) is 1. The Morgan fingerprint density at radius 3 is 2.44 bits per heavy atom. The third-order valence-electron chi connectivity index (χ3n) is 5.06. The molecule has 3 rings (SSSR count). The molecule has 0 aliphatic rings. The molecular formula is C23H27N3O5S. The fourth-order valence-electron chi connectivity index (χ4n) is 3.19. The molecule has 0 bridgehead atoms. The minimum atomic E-state index is -3.88. The number of ether oxygens (including phenoxy) is 1. The van der Waals surface area contributed by atoms with Gasteiger partial charge in [-0.3, -0.25) is 14.4 Å².